The van der Waals surface area contributed by atoms with Crippen LogP contribution in [0.4, 0.5) is 0 Å². The van der Waals surface area contributed by atoms with E-state index in [2.05, 4.69) is 46.3 Å². The lowest BCUT2D eigenvalue weighted by Crippen LogP contribution is -2.71. The Labute approximate surface area is 240 Å². The van der Waals surface area contributed by atoms with Gasteiger partial charge in [0.25, 0.3) is 11.8 Å². The Kier molecular flexibility index (Phi) is 6.52. The minimum Gasteiger partial charge on any atom is -0.343 e. The summed E-state index contributed by atoms with van der Waals surface area (Å²) < 4.78 is 12.5. The van der Waals surface area contributed by atoms with Gasteiger partial charge in [-0.05, 0) is 55.8 Å². The van der Waals surface area contributed by atoms with E-state index in [9.17, 15) is 9.59 Å². The molecule has 5 atom stereocenters. The van der Waals surface area contributed by atoms with Gasteiger partial charge in [0.15, 0.2) is 5.79 Å². The molecular formula is C34H33N3O4. The van der Waals surface area contributed by atoms with Gasteiger partial charge in [-0.3, -0.25) is 19.4 Å². The maximum Gasteiger partial charge on any atom is 0.261 e. The Balaban J connectivity index is 1.17. The van der Waals surface area contributed by atoms with Crippen molar-refractivity contribution in [3.63, 3.8) is 0 Å². The number of hydrogen-bond acceptors (Lipinski definition) is 6. The van der Waals surface area contributed by atoms with Gasteiger partial charge in [0.2, 0.25) is 0 Å². The third-order valence-electron chi connectivity index (χ3n) is 8.72. The van der Waals surface area contributed by atoms with Crippen LogP contribution in [0.1, 0.15) is 57.2 Å². The number of fused-ring (bicyclic) bond motifs is 3. The van der Waals surface area contributed by atoms with Crippen molar-refractivity contribution in [3.05, 3.63) is 107 Å². The fourth-order valence-corrected chi connectivity index (χ4v) is 6.86. The first kappa shape index (κ1) is 26.1. The molecule has 3 fully saturated rings. The summed E-state index contributed by atoms with van der Waals surface area (Å²) >= 11 is 0. The van der Waals surface area contributed by atoms with Crippen LogP contribution in [-0.2, 0) is 9.47 Å². The summed E-state index contributed by atoms with van der Waals surface area (Å²) in [5, 5.41) is 3.61. The molecule has 7 rings (SSSR count). The quantitative estimate of drug-likeness (QED) is 0.399. The molecule has 3 aromatic carbocycles. The monoisotopic (exact) mass is 547 g/mol. The van der Waals surface area contributed by atoms with Crippen molar-refractivity contribution in [1.82, 2.24) is 15.1 Å². The standard InChI is InChI=1S/C34H33N3O4/c1-34(2)40-29-19-35-18-27-31(24-16-14-23(15-17-24)13-12-22-8-4-3-5-9-22)28(36(27)21-30(29)41-34)20-37-32(38)25-10-6-7-11-26(25)33(37)39/h3-11,14-17,27-31,35H,18-21H2,1-2H3/t27-,28+,29+,30-,31+/m0/s1. The van der Waals surface area contributed by atoms with Gasteiger partial charge in [0.1, 0.15) is 12.2 Å². The van der Waals surface area contributed by atoms with E-state index in [0.717, 1.165) is 24.2 Å². The Hall–Kier alpha value is -3.80. The predicted molar refractivity (Wildman–Crippen MR) is 154 cm³/mol. The average Bonchev–Trinajstić information content (AvgIpc) is 3.40. The number of imide groups is 1. The highest BCUT2D eigenvalue weighted by molar-refractivity contribution is 6.21. The number of nitrogens with one attached hydrogen (secondary N) is 1. The van der Waals surface area contributed by atoms with E-state index in [0.29, 0.717) is 24.2 Å². The van der Waals surface area contributed by atoms with Gasteiger partial charge in [0.05, 0.1) is 11.1 Å². The Bertz CT molecular complexity index is 1510. The molecule has 2 amide bonds. The summed E-state index contributed by atoms with van der Waals surface area (Å²) in [4.78, 5) is 30.5. The van der Waals surface area contributed by atoms with Crippen molar-refractivity contribution >= 4 is 11.8 Å². The molecule has 0 aliphatic carbocycles. The molecule has 3 saturated heterocycles. The number of nitrogens with zero attached hydrogens (tertiary/aromatic N) is 2. The van der Waals surface area contributed by atoms with E-state index in [4.69, 9.17) is 9.47 Å². The fourth-order valence-electron chi connectivity index (χ4n) is 6.86. The molecule has 41 heavy (non-hydrogen) atoms. The van der Waals surface area contributed by atoms with Gasteiger partial charge < -0.3 is 14.8 Å². The predicted octanol–water partition coefficient (Wildman–Crippen LogP) is 3.64. The second kappa shape index (κ2) is 10.2. The lowest BCUT2D eigenvalue weighted by molar-refractivity contribution is -0.150. The molecule has 1 N–H and O–H groups in total. The van der Waals surface area contributed by atoms with E-state index >= 15 is 0 Å². The van der Waals surface area contributed by atoms with E-state index in [1.54, 1.807) is 24.3 Å². The summed E-state index contributed by atoms with van der Waals surface area (Å²) in [7, 11) is 0. The largest absolute Gasteiger partial charge is 0.343 e. The van der Waals surface area contributed by atoms with Crippen LogP contribution in [-0.4, -0.2) is 77.9 Å². The van der Waals surface area contributed by atoms with Crippen molar-refractivity contribution in [3.8, 4) is 11.8 Å². The lowest BCUT2D eigenvalue weighted by Gasteiger charge is -2.58. The van der Waals surface area contributed by atoms with Gasteiger partial charge >= 0.3 is 0 Å². The van der Waals surface area contributed by atoms with Crippen LogP contribution in [0, 0.1) is 11.8 Å². The highest BCUT2D eigenvalue weighted by Crippen LogP contribution is 2.44. The van der Waals surface area contributed by atoms with Crippen LogP contribution in [0.2, 0.25) is 0 Å². The van der Waals surface area contributed by atoms with E-state index < -0.39 is 5.79 Å². The van der Waals surface area contributed by atoms with Crippen molar-refractivity contribution in [2.75, 3.05) is 26.2 Å². The number of rotatable bonds is 3. The van der Waals surface area contributed by atoms with Crippen LogP contribution >= 0.6 is 0 Å². The van der Waals surface area contributed by atoms with Gasteiger partial charge in [0, 0.05) is 55.3 Å². The van der Waals surface area contributed by atoms with Gasteiger partial charge in [-0.15, -0.1) is 0 Å². The average molecular weight is 548 g/mol. The molecule has 0 bridgehead atoms. The van der Waals surface area contributed by atoms with Gasteiger partial charge in [-0.25, -0.2) is 0 Å². The molecule has 4 aliphatic heterocycles. The van der Waals surface area contributed by atoms with Gasteiger partial charge in [-0.2, -0.15) is 0 Å². The zero-order chi connectivity index (χ0) is 28.1. The third kappa shape index (κ3) is 4.77. The number of hydrogen-bond donors (Lipinski definition) is 1. The minimum absolute atomic E-state index is 0.0451. The van der Waals surface area contributed by atoms with Crippen molar-refractivity contribution in [2.45, 2.75) is 49.8 Å². The molecule has 0 unspecified atom stereocenters. The Morgan fingerprint density at radius 1 is 0.805 bits per heavy atom. The molecule has 208 valence electrons. The zero-order valence-electron chi connectivity index (χ0n) is 23.2. The second-order valence-corrected chi connectivity index (χ2v) is 11.7. The van der Waals surface area contributed by atoms with Gasteiger partial charge in [-0.1, -0.05) is 54.3 Å². The van der Waals surface area contributed by atoms with Crippen LogP contribution in [0.5, 0.6) is 0 Å². The second-order valence-electron chi connectivity index (χ2n) is 11.7. The van der Waals surface area contributed by atoms with E-state index in [1.165, 1.54) is 10.5 Å². The molecule has 7 nitrogen and oxygen atoms in total. The molecule has 4 aliphatic rings. The number of carbonyl (C=O) groups excluding carboxylic acids is 2. The number of carbonyl (C=O) groups is 2. The summed E-state index contributed by atoms with van der Waals surface area (Å²) in [6, 6.07) is 25.6. The van der Waals surface area contributed by atoms with Crippen LogP contribution < -0.4 is 5.32 Å². The first-order chi connectivity index (χ1) is 19.9. The summed E-state index contributed by atoms with van der Waals surface area (Å²) in [5.41, 5.74) is 4.07. The third-order valence-corrected chi connectivity index (χ3v) is 8.72. The van der Waals surface area contributed by atoms with Crippen molar-refractivity contribution in [1.29, 1.82) is 0 Å². The Morgan fingerprint density at radius 2 is 1.41 bits per heavy atom. The number of ether oxygens (including phenoxy) is 2. The maximum absolute atomic E-state index is 13.3. The molecule has 0 spiro atoms. The highest BCUT2D eigenvalue weighted by atomic mass is 16.8. The van der Waals surface area contributed by atoms with Crippen LogP contribution in [0.15, 0.2) is 78.9 Å². The number of amides is 2. The molecule has 0 saturated carbocycles. The first-order valence-corrected chi connectivity index (χ1v) is 14.3. The Morgan fingerprint density at radius 3 is 2.10 bits per heavy atom. The zero-order valence-corrected chi connectivity index (χ0v) is 23.2. The van der Waals surface area contributed by atoms with Crippen LogP contribution in [0.3, 0.4) is 0 Å². The van der Waals surface area contributed by atoms with E-state index in [-0.39, 0.29) is 42.0 Å². The molecule has 3 aromatic rings. The smallest absolute Gasteiger partial charge is 0.261 e. The van der Waals surface area contributed by atoms with Crippen molar-refractivity contribution in [2.24, 2.45) is 0 Å². The maximum atomic E-state index is 13.3. The molecule has 0 radical (unpaired) electrons. The molecular weight excluding hydrogens is 514 g/mol. The fraction of sp³-hybridized carbons (Fsp3) is 0.353. The summed E-state index contributed by atoms with van der Waals surface area (Å²) in [5.74, 6) is 5.54. The normalized spacial score (nSPS) is 28.4. The molecule has 4 heterocycles. The van der Waals surface area contributed by atoms with Crippen molar-refractivity contribution < 1.29 is 19.1 Å². The SMILES string of the molecule is CC1(C)O[C@H]2CN3[C@H](CN4C(=O)c5ccccc5C4=O)[C@H](c4ccc(C#Cc5ccccc5)cc4)[C@@H]3CNC[C@H]2O1. The summed E-state index contributed by atoms with van der Waals surface area (Å²) in [6.45, 7) is 6.42. The first-order valence-electron chi connectivity index (χ1n) is 14.3. The lowest BCUT2D eigenvalue weighted by atomic mass is 9.73. The number of benzene rings is 3. The van der Waals surface area contributed by atoms with E-state index in [1.807, 2.05) is 44.2 Å². The topological polar surface area (TPSA) is 71.1 Å². The van der Waals surface area contributed by atoms with Crippen LogP contribution in [0.25, 0.3) is 0 Å². The molecule has 0 aromatic heterocycles. The minimum atomic E-state index is -0.643. The summed E-state index contributed by atoms with van der Waals surface area (Å²) in [6.07, 6.45) is -0.144. The molecule has 7 heteroatoms. The highest BCUT2D eigenvalue weighted by Gasteiger charge is 2.54.